The van der Waals surface area contributed by atoms with Gasteiger partial charge in [-0.25, -0.2) is 4.99 Å². The largest absolute Gasteiger partial charge is 0.508 e. The molecule has 1 amide bonds. The molecule has 6 heteroatoms. The highest BCUT2D eigenvalue weighted by molar-refractivity contribution is 8.18. The Bertz CT molecular complexity index is 816. The Balaban J connectivity index is 1.91. The van der Waals surface area contributed by atoms with Crippen molar-refractivity contribution in [2.24, 2.45) is 4.99 Å². The van der Waals surface area contributed by atoms with Gasteiger partial charge in [0.1, 0.15) is 5.75 Å². The maximum atomic E-state index is 12.3. The highest BCUT2D eigenvalue weighted by Crippen LogP contribution is 2.34. The van der Waals surface area contributed by atoms with Crippen LogP contribution in [0.4, 0.5) is 5.69 Å². The van der Waals surface area contributed by atoms with Crippen molar-refractivity contribution in [2.75, 3.05) is 7.05 Å². The lowest BCUT2D eigenvalue weighted by Crippen LogP contribution is -2.23. The summed E-state index contributed by atoms with van der Waals surface area (Å²) < 4.78 is 0. The molecule has 0 bridgehead atoms. The molecule has 0 aliphatic carbocycles. The monoisotopic (exact) mass is 344 g/mol. The summed E-state index contributed by atoms with van der Waals surface area (Å²) in [5.74, 6) is 0.0595. The van der Waals surface area contributed by atoms with Crippen molar-refractivity contribution in [2.45, 2.75) is 0 Å². The van der Waals surface area contributed by atoms with E-state index in [0.717, 1.165) is 5.56 Å². The van der Waals surface area contributed by atoms with Gasteiger partial charge in [-0.3, -0.25) is 9.69 Å². The van der Waals surface area contributed by atoms with Crippen LogP contribution in [0, 0.1) is 0 Å². The molecule has 0 atom stereocenters. The van der Waals surface area contributed by atoms with Crippen LogP contribution < -0.4 is 0 Å². The third kappa shape index (κ3) is 3.41. The van der Waals surface area contributed by atoms with E-state index in [1.165, 1.54) is 16.7 Å². The number of aromatic hydroxyl groups is 1. The first kappa shape index (κ1) is 15.6. The summed E-state index contributed by atoms with van der Waals surface area (Å²) in [6.45, 7) is 0. The van der Waals surface area contributed by atoms with Gasteiger partial charge in [-0.2, -0.15) is 0 Å². The summed E-state index contributed by atoms with van der Waals surface area (Å²) in [5.41, 5.74) is 1.47. The minimum atomic E-state index is -0.118. The Morgan fingerprint density at radius 2 is 1.87 bits per heavy atom. The van der Waals surface area contributed by atoms with Crippen LogP contribution in [-0.4, -0.2) is 28.1 Å². The SMILES string of the molecule is CN1C(=O)/C(=C/c2ccccc2Cl)SC1=Nc1ccc(O)cc1. The van der Waals surface area contributed by atoms with Crippen molar-refractivity contribution in [3.63, 3.8) is 0 Å². The number of phenolic OH excluding ortho intramolecular Hbond substituents is 1. The fraction of sp³-hybridized carbons (Fsp3) is 0.0588. The molecule has 1 fully saturated rings. The van der Waals surface area contributed by atoms with E-state index in [9.17, 15) is 9.90 Å². The molecule has 0 aromatic heterocycles. The molecule has 23 heavy (non-hydrogen) atoms. The van der Waals surface area contributed by atoms with E-state index in [-0.39, 0.29) is 11.7 Å². The quantitative estimate of drug-likeness (QED) is 0.827. The third-order valence-corrected chi connectivity index (χ3v) is 4.67. The first-order chi connectivity index (χ1) is 11.0. The van der Waals surface area contributed by atoms with E-state index in [0.29, 0.717) is 20.8 Å². The average molecular weight is 345 g/mol. The number of phenols is 1. The summed E-state index contributed by atoms with van der Waals surface area (Å²) in [5, 5.41) is 10.5. The topological polar surface area (TPSA) is 52.9 Å². The number of amides is 1. The van der Waals surface area contributed by atoms with Crippen LogP contribution >= 0.6 is 23.4 Å². The van der Waals surface area contributed by atoms with Crippen LogP contribution in [0.3, 0.4) is 0 Å². The van der Waals surface area contributed by atoms with Crippen LogP contribution in [-0.2, 0) is 4.79 Å². The van der Waals surface area contributed by atoms with Crippen molar-refractivity contribution in [1.82, 2.24) is 4.90 Å². The summed E-state index contributed by atoms with van der Waals surface area (Å²) in [6, 6.07) is 13.9. The second kappa shape index (κ2) is 6.48. The van der Waals surface area contributed by atoms with Crippen molar-refractivity contribution >= 4 is 46.2 Å². The number of thioether (sulfide) groups is 1. The number of nitrogens with zero attached hydrogens (tertiary/aromatic N) is 2. The van der Waals surface area contributed by atoms with Crippen molar-refractivity contribution in [3.05, 3.63) is 64.0 Å². The van der Waals surface area contributed by atoms with Crippen molar-refractivity contribution in [1.29, 1.82) is 0 Å². The molecule has 0 unspecified atom stereocenters. The first-order valence-electron chi connectivity index (χ1n) is 6.84. The molecule has 0 spiro atoms. The first-order valence-corrected chi connectivity index (χ1v) is 8.04. The number of carbonyl (C=O) groups is 1. The highest BCUT2D eigenvalue weighted by atomic mass is 35.5. The van der Waals surface area contributed by atoms with Gasteiger partial charge in [0, 0.05) is 12.1 Å². The second-order valence-corrected chi connectivity index (χ2v) is 6.32. The zero-order chi connectivity index (χ0) is 16.4. The number of carbonyl (C=O) groups excluding carboxylic acids is 1. The minimum Gasteiger partial charge on any atom is -0.508 e. The molecule has 0 saturated carbocycles. The van der Waals surface area contributed by atoms with Gasteiger partial charge in [0.2, 0.25) is 0 Å². The van der Waals surface area contributed by atoms with E-state index >= 15 is 0 Å². The highest BCUT2D eigenvalue weighted by Gasteiger charge is 2.30. The number of hydrogen-bond donors (Lipinski definition) is 1. The lowest BCUT2D eigenvalue weighted by Gasteiger charge is -2.07. The normalized spacial score (nSPS) is 18.2. The molecular formula is C17H13ClN2O2S. The Morgan fingerprint density at radius 3 is 2.57 bits per heavy atom. The predicted octanol–water partition coefficient (Wildman–Crippen LogP) is 4.28. The zero-order valence-corrected chi connectivity index (χ0v) is 13.8. The lowest BCUT2D eigenvalue weighted by atomic mass is 10.2. The molecule has 2 aromatic rings. The number of hydrogen-bond acceptors (Lipinski definition) is 4. The number of rotatable bonds is 2. The number of halogens is 1. The van der Waals surface area contributed by atoms with Gasteiger partial charge in [0.15, 0.2) is 5.17 Å². The Morgan fingerprint density at radius 1 is 1.17 bits per heavy atom. The summed E-state index contributed by atoms with van der Waals surface area (Å²) in [4.78, 5) is 18.9. The van der Waals surface area contributed by atoms with E-state index in [1.807, 2.05) is 18.2 Å². The van der Waals surface area contributed by atoms with Crippen molar-refractivity contribution in [3.8, 4) is 5.75 Å². The molecule has 4 nitrogen and oxygen atoms in total. The lowest BCUT2D eigenvalue weighted by molar-refractivity contribution is -0.121. The number of benzene rings is 2. The van der Waals surface area contributed by atoms with Crippen LogP contribution in [0.5, 0.6) is 5.75 Å². The van der Waals surface area contributed by atoms with Gasteiger partial charge in [-0.05, 0) is 53.7 Å². The molecule has 3 rings (SSSR count). The fourth-order valence-corrected chi connectivity index (χ4v) is 3.19. The van der Waals surface area contributed by atoms with Gasteiger partial charge in [-0.1, -0.05) is 29.8 Å². The van der Waals surface area contributed by atoms with E-state index < -0.39 is 0 Å². The molecular weight excluding hydrogens is 332 g/mol. The van der Waals surface area contributed by atoms with Crippen LogP contribution in [0.1, 0.15) is 5.56 Å². The van der Waals surface area contributed by atoms with Gasteiger partial charge in [0.05, 0.1) is 10.6 Å². The Hall–Kier alpha value is -2.24. The van der Waals surface area contributed by atoms with Gasteiger partial charge < -0.3 is 5.11 Å². The Labute approximate surface area is 143 Å². The smallest absolute Gasteiger partial charge is 0.266 e. The second-order valence-electron chi connectivity index (χ2n) is 4.91. The maximum absolute atomic E-state index is 12.3. The van der Waals surface area contributed by atoms with Gasteiger partial charge in [-0.15, -0.1) is 0 Å². The number of aliphatic imine (C=N–C) groups is 1. The number of likely N-dealkylation sites (N-methyl/N-ethyl adjacent to an activating group) is 1. The molecule has 1 N–H and O–H groups in total. The maximum Gasteiger partial charge on any atom is 0.266 e. The molecule has 1 aliphatic rings. The van der Waals surface area contributed by atoms with Gasteiger partial charge >= 0.3 is 0 Å². The molecule has 116 valence electrons. The van der Waals surface area contributed by atoms with Crippen molar-refractivity contribution < 1.29 is 9.90 Å². The fourth-order valence-electron chi connectivity index (χ4n) is 2.02. The minimum absolute atomic E-state index is 0.118. The van der Waals surface area contributed by atoms with E-state index in [2.05, 4.69) is 4.99 Å². The van der Waals surface area contributed by atoms with Crippen LogP contribution in [0.25, 0.3) is 6.08 Å². The molecule has 1 aliphatic heterocycles. The van der Waals surface area contributed by atoms with E-state index in [4.69, 9.17) is 11.6 Å². The molecule has 1 heterocycles. The average Bonchev–Trinajstić information content (AvgIpc) is 2.80. The van der Waals surface area contributed by atoms with E-state index in [1.54, 1.807) is 43.5 Å². The zero-order valence-electron chi connectivity index (χ0n) is 12.2. The standard InChI is InChI=1S/C17H13ClN2O2S/c1-20-16(22)15(10-11-4-2-3-5-14(11)18)23-17(20)19-12-6-8-13(21)9-7-12/h2-10,21H,1H3/b15-10-,19-17?. The van der Waals surface area contributed by atoms with Crippen LogP contribution in [0.2, 0.25) is 5.02 Å². The number of amidine groups is 1. The Kier molecular flexibility index (Phi) is 4.41. The van der Waals surface area contributed by atoms with Gasteiger partial charge in [0.25, 0.3) is 5.91 Å². The third-order valence-electron chi connectivity index (χ3n) is 3.27. The molecule has 2 aromatic carbocycles. The summed E-state index contributed by atoms with van der Waals surface area (Å²) in [7, 11) is 1.68. The predicted molar refractivity (Wildman–Crippen MR) is 95.0 cm³/mol. The molecule has 0 radical (unpaired) electrons. The summed E-state index contributed by atoms with van der Waals surface area (Å²) in [6.07, 6.45) is 1.77. The van der Waals surface area contributed by atoms with Crippen LogP contribution in [0.15, 0.2) is 58.4 Å². The summed E-state index contributed by atoms with van der Waals surface area (Å²) >= 11 is 7.43. The molecule has 1 saturated heterocycles.